The fraction of sp³-hybridized carbons (Fsp3) is 0.100. The van der Waals surface area contributed by atoms with E-state index in [1.54, 1.807) is 54.9 Å². The van der Waals surface area contributed by atoms with E-state index >= 15 is 0 Å². The highest BCUT2D eigenvalue weighted by Crippen LogP contribution is 2.11. The fourth-order valence-electron chi connectivity index (χ4n) is 2.36. The lowest BCUT2D eigenvalue weighted by Crippen LogP contribution is -2.34. The van der Waals surface area contributed by atoms with Crippen molar-refractivity contribution in [3.8, 4) is 0 Å². The summed E-state index contributed by atoms with van der Waals surface area (Å²) in [6.45, 7) is 0.652. The summed E-state index contributed by atoms with van der Waals surface area (Å²) in [7, 11) is 0. The van der Waals surface area contributed by atoms with E-state index in [0.717, 1.165) is 0 Å². The van der Waals surface area contributed by atoms with Gasteiger partial charge in [0.05, 0.1) is 4.88 Å². The van der Waals surface area contributed by atoms with Crippen LogP contribution in [0.2, 0.25) is 0 Å². The molecule has 0 aliphatic carbocycles. The standard InChI is InChI=1S/C20H18N4O3S/c25-18(22-11-12-23-20(27)17-2-1-13-28-17)14-3-5-16(6-4-14)24-19(26)15-7-9-21-10-8-15/h1-10,13H,11-12H2,(H,22,25)(H,23,27)(H,24,26). The average molecular weight is 394 g/mol. The van der Waals surface area contributed by atoms with Crippen molar-refractivity contribution in [2.75, 3.05) is 18.4 Å². The van der Waals surface area contributed by atoms with E-state index < -0.39 is 0 Å². The number of aromatic nitrogens is 1. The zero-order valence-electron chi connectivity index (χ0n) is 14.8. The van der Waals surface area contributed by atoms with E-state index in [4.69, 9.17) is 0 Å². The van der Waals surface area contributed by atoms with E-state index in [0.29, 0.717) is 34.8 Å². The van der Waals surface area contributed by atoms with Crippen LogP contribution in [0.25, 0.3) is 0 Å². The molecule has 2 heterocycles. The largest absolute Gasteiger partial charge is 0.350 e. The van der Waals surface area contributed by atoms with Crippen molar-refractivity contribution in [1.29, 1.82) is 0 Å². The SMILES string of the molecule is O=C(NCCNC(=O)c1cccs1)c1ccc(NC(=O)c2ccncc2)cc1. The van der Waals surface area contributed by atoms with Gasteiger partial charge < -0.3 is 16.0 Å². The quantitative estimate of drug-likeness (QED) is 0.536. The normalized spacial score (nSPS) is 10.1. The second-order valence-corrected chi connectivity index (χ2v) is 6.70. The summed E-state index contributed by atoms with van der Waals surface area (Å²) < 4.78 is 0. The van der Waals surface area contributed by atoms with Crippen LogP contribution in [-0.2, 0) is 0 Å². The van der Waals surface area contributed by atoms with Gasteiger partial charge in [0, 0.05) is 42.3 Å². The molecule has 3 amide bonds. The predicted molar refractivity (Wildman–Crippen MR) is 108 cm³/mol. The van der Waals surface area contributed by atoms with Gasteiger partial charge in [-0.15, -0.1) is 11.3 Å². The molecule has 0 unspecified atom stereocenters. The predicted octanol–water partition coefficient (Wildman–Crippen LogP) is 2.56. The highest BCUT2D eigenvalue weighted by atomic mass is 32.1. The Morgan fingerprint density at radius 2 is 1.43 bits per heavy atom. The molecule has 0 aliphatic rings. The van der Waals surface area contributed by atoms with Gasteiger partial charge in [-0.05, 0) is 47.8 Å². The molecule has 7 nitrogen and oxygen atoms in total. The first-order valence-corrected chi connectivity index (χ1v) is 9.43. The van der Waals surface area contributed by atoms with E-state index in [2.05, 4.69) is 20.9 Å². The van der Waals surface area contributed by atoms with Gasteiger partial charge >= 0.3 is 0 Å². The lowest BCUT2D eigenvalue weighted by atomic mass is 10.2. The molecule has 0 aliphatic heterocycles. The van der Waals surface area contributed by atoms with Gasteiger partial charge in [0.1, 0.15) is 0 Å². The molecule has 3 rings (SSSR count). The van der Waals surface area contributed by atoms with Gasteiger partial charge in [0.2, 0.25) is 0 Å². The molecule has 8 heteroatoms. The van der Waals surface area contributed by atoms with Crippen molar-refractivity contribution >= 4 is 34.7 Å². The van der Waals surface area contributed by atoms with Crippen LogP contribution >= 0.6 is 11.3 Å². The van der Waals surface area contributed by atoms with Crippen LogP contribution in [0.3, 0.4) is 0 Å². The molecular formula is C20H18N4O3S. The first kappa shape index (κ1) is 19.2. The van der Waals surface area contributed by atoms with Crippen molar-refractivity contribution in [3.05, 3.63) is 82.3 Å². The topological polar surface area (TPSA) is 100 Å². The van der Waals surface area contributed by atoms with E-state index in [-0.39, 0.29) is 17.7 Å². The number of nitrogens with zero attached hydrogens (tertiary/aromatic N) is 1. The number of hydrogen-bond donors (Lipinski definition) is 3. The van der Waals surface area contributed by atoms with Gasteiger partial charge in [-0.3, -0.25) is 19.4 Å². The number of thiophene rings is 1. The number of amides is 3. The van der Waals surface area contributed by atoms with Crippen LogP contribution in [-0.4, -0.2) is 35.8 Å². The Hall–Kier alpha value is -3.52. The molecule has 142 valence electrons. The van der Waals surface area contributed by atoms with Gasteiger partial charge in [0.25, 0.3) is 17.7 Å². The smallest absolute Gasteiger partial charge is 0.261 e. The number of carbonyl (C=O) groups excluding carboxylic acids is 3. The van der Waals surface area contributed by atoms with Gasteiger partial charge in [0.15, 0.2) is 0 Å². The van der Waals surface area contributed by atoms with Crippen LogP contribution < -0.4 is 16.0 Å². The average Bonchev–Trinajstić information content (AvgIpc) is 3.27. The summed E-state index contributed by atoms with van der Waals surface area (Å²) in [5.41, 5.74) is 1.55. The van der Waals surface area contributed by atoms with Crippen LogP contribution in [0.15, 0.2) is 66.3 Å². The van der Waals surface area contributed by atoms with Crippen molar-refractivity contribution in [3.63, 3.8) is 0 Å². The first-order valence-electron chi connectivity index (χ1n) is 8.55. The lowest BCUT2D eigenvalue weighted by molar-refractivity contribution is 0.0929. The van der Waals surface area contributed by atoms with Crippen LogP contribution in [0.4, 0.5) is 5.69 Å². The van der Waals surface area contributed by atoms with Gasteiger partial charge in [-0.25, -0.2) is 0 Å². The third-order valence-corrected chi connectivity index (χ3v) is 4.66. The Bertz CT molecular complexity index is 941. The second-order valence-electron chi connectivity index (χ2n) is 5.76. The van der Waals surface area contributed by atoms with E-state index in [1.165, 1.54) is 11.3 Å². The minimum absolute atomic E-state index is 0.154. The maximum atomic E-state index is 12.2. The molecule has 3 aromatic rings. The maximum absolute atomic E-state index is 12.2. The Morgan fingerprint density at radius 3 is 2.07 bits per heavy atom. The molecule has 0 spiro atoms. The molecule has 2 aromatic heterocycles. The van der Waals surface area contributed by atoms with Crippen molar-refractivity contribution < 1.29 is 14.4 Å². The van der Waals surface area contributed by atoms with Crippen LogP contribution in [0, 0.1) is 0 Å². The summed E-state index contributed by atoms with van der Waals surface area (Å²) in [5.74, 6) is -0.656. The number of anilines is 1. The number of carbonyl (C=O) groups is 3. The zero-order valence-corrected chi connectivity index (χ0v) is 15.7. The molecular weight excluding hydrogens is 376 g/mol. The Labute approximate surface area is 165 Å². The number of pyridine rings is 1. The Morgan fingerprint density at radius 1 is 0.786 bits per heavy atom. The Kier molecular flexibility index (Phi) is 6.48. The molecule has 28 heavy (non-hydrogen) atoms. The number of hydrogen-bond acceptors (Lipinski definition) is 5. The number of rotatable bonds is 7. The van der Waals surface area contributed by atoms with Gasteiger partial charge in [-0.1, -0.05) is 6.07 Å². The minimum atomic E-state index is -0.252. The van der Waals surface area contributed by atoms with Crippen LogP contribution in [0.1, 0.15) is 30.4 Å². The molecule has 3 N–H and O–H groups in total. The molecule has 0 saturated heterocycles. The minimum Gasteiger partial charge on any atom is -0.350 e. The lowest BCUT2D eigenvalue weighted by Gasteiger charge is -2.08. The Balaban J connectivity index is 1.44. The highest BCUT2D eigenvalue weighted by Gasteiger charge is 2.09. The summed E-state index contributed by atoms with van der Waals surface area (Å²) >= 11 is 1.36. The zero-order chi connectivity index (χ0) is 19.8. The summed E-state index contributed by atoms with van der Waals surface area (Å²) in [6.07, 6.45) is 3.09. The molecule has 0 atom stereocenters. The second kappa shape index (κ2) is 9.43. The molecule has 0 bridgehead atoms. The van der Waals surface area contributed by atoms with E-state index in [9.17, 15) is 14.4 Å². The maximum Gasteiger partial charge on any atom is 0.261 e. The first-order chi connectivity index (χ1) is 13.6. The third-order valence-electron chi connectivity index (χ3n) is 3.79. The summed E-state index contributed by atoms with van der Waals surface area (Å²) in [6, 6.07) is 13.4. The highest BCUT2D eigenvalue weighted by molar-refractivity contribution is 7.12. The fourth-order valence-corrected chi connectivity index (χ4v) is 3.00. The molecule has 1 aromatic carbocycles. The van der Waals surface area contributed by atoms with E-state index in [1.807, 2.05) is 11.4 Å². The number of benzene rings is 1. The number of nitrogens with one attached hydrogen (secondary N) is 3. The molecule has 0 fully saturated rings. The summed E-state index contributed by atoms with van der Waals surface area (Å²) in [5, 5.41) is 10.1. The summed E-state index contributed by atoms with van der Waals surface area (Å²) in [4.78, 5) is 40.6. The van der Waals surface area contributed by atoms with Crippen LogP contribution in [0.5, 0.6) is 0 Å². The monoisotopic (exact) mass is 394 g/mol. The molecule has 0 radical (unpaired) electrons. The van der Waals surface area contributed by atoms with Crippen molar-refractivity contribution in [2.45, 2.75) is 0 Å². The third kappa shape index (κ3) is 5.24. The molecule has 0 saturated carbocycles. The van der Waals surface area contributed by atoms with Crippen molar-refractivity contribution in [1.82, 2.24) is 15.6 Å². The van der Waals surface area contributed by atoms with Crippen molar-refractivity contribution in [2.24, 2.45) is 0 Å². The van der Waals surface area contributed by atoms with Gasteiger partial charge in [-0.2, -0.15) is 0 Å².